The van der Waals surface area contributed by atoms with Gasteiger partial charge < -0.3 is 64.7 Å². The molecule has 0 spiro atoms. The third kappa shape index (κ3) is 15.1. The van der Waals surface area contributed by atoms with Crippen LogP contribution in [0.5, 0.6) is 0 Å². The van der Waals surface area contributed by atoms with Crippen LogP contribution in [-0.4, -0.2) is 96.5 Å². The summed E-state index contributed by atoms with van der Waals surface area (Å²) in [5.74, 6) is -0.0217. The normalized spacial score (nSPS) is 22.3. The molecule has 0 saturated carbocycles. The number of nitrogens with zero attached hydrogens (tertiary/aromatic N) is 3. The SMILES string of the molecule is Nc1nc2c(ncn2[C@@H]2O[C@H](CO)[C@@H](O)[C@@H]2I)c(=O)[nH]1.O=P(O)(O)O.O=P(O)(O)O.O=P(O)(O)O. The summed E-state index contributed by atoms with van der Waals surface area (Å²) in [6.45, 7) is -0.292. The molecular formula is C10H21IN5O16P3. The number of H-pyrrole nitrogens is 1. The molecular weight excluding hydrogens is 666 g/mol. The molecule has 14 N–H and O–H groups in total. The van der Waals surface area contributed by atoms with Crippen molar-refractivity contribution in [2.45, 2.75) is 22.4 Å². The molecule has 0 radical (unpaired) electrons. The van der Waals surface area contributed by atoms with Gasteiger partial charge in [0.05, 0.1) is 23.0 Å². The Balaban J connectivity index is 0.000000635. The van der Waals surface area contributed by atoms with Crippen LogP contribution in [0.25, 0.3) is 11.2 Å². The monoisotopic (exact) mass is 687 g/mol. The molecule has 204 valence electrons. The topological polar surface area (TPSA) is 373 Å². The van der Waals surface area contributed by atoms with Crippen LogP contribution in [0.2, 0.25) is 0 Å². The summed E-state index contributed by atoms with van der Waals surface area (Å²) in [5, 5.41) is 19.1. The Morgan fingerprint density at radius 2 is 1.46 bits per heavy atom. The number of nitrogens with one attached hydrogen (secondary N) is 1. The molecule has 1 aliphatic heterocycles. The number of imidazole rings is 1. The van der Waals surface area contributed by atoms with Crippen LogP contribution in [0.3, 0.4) is 0 Å². The third-order valence-electron chi connectivity index (χ3n) is 3.20. The van der Waals surface area contributed by atoms with Crippen molar-refractivity contribution in [2.24, 2.45) is 0 Å². The molecule has 25 heteroatoms. The number of alkyl halides is 1. The molecule has 3 rings (SSSR count). The van der Waals surface area contributed by atoms with Crippen molar-refractivity contribution in [1.29, 1.82) is 0 Å². The van der Waals surface area contributed by atoms with Crippen LogP contribution >= 0.6 is 46.1 Å². The van der Waals surface area contributed by atoms with Crippen LogP contribution in [0.4, 0.5) is 5.95 Å². The standard InChI is InChI=1S/C10H12IN5O4.3H3O4P/c11-4-6(18)3(1-17)20-9(4)16-2-13-5-7(16)14-10(12)15-8(5)19;3*1-5(2,3)4/h2-4,6,9,17-18H,1H2,(H3,12,14,15,19);3*(H3,1,2,3,4)/t3-,4+,6-,9-;;;/m1.../s1. The molecule has 2 aromatic heterocycles. The predicted molar refractivity (Wildman–Crippen MR) is 120 cm³/mol. The van der Waals surface area contributed by atoms with Gasteiger partial charge >= 0.3 is 23.5 Å². The van der Waals surface area contributed by atoms with E-state index in [4.69, 9.17) is 73.3 Å². The molecule has 1 saturated heterocycles. The molecule has 4 atom stereocenters. The van der Waals surface area contributed by atoms with E-state index in [9.17, 15) is 9.90 Å². The minimum absolute atomic E-state index is 0.0217. The van der Waals surface area contributed by atoms with Gasteiger partial charge in [-0.25, -0.2) is 18.7 Å². The number of anilines is 1. The fourth-order valence-corrected chi connectivity index (χ4v) is 3.19. The zero-order valence-electron chi connectivity index (χ0n) is 16.7. The Morgan fingerprint density at radius 3 is 1.83 bits per heavy atom. The number of aromatic amines is 1. The summed E-state index contributed by atoms with van der Waals surface area (Å²) in [4.78, 5) is 86.8. The molecule has 1 fully saturated rings. The number of fused-ring (bicyclic) bond motifs is 1. The van der Waals surface area contributed by atoms with Gasteiger partial charge in [-0.2, -0.15) is 4.98 Å². The Morgan fingerprint density at radius 1 is 1.03 bits per heavy atom. The van der Waals surface area contributed by atoms with Crippen LogP contribution in [0, 0.1) is 0 Å². The fraction of sp³-hybridized carbons (Fsp3) is 0.500. The fourth-order valence-electron chi connectivity index (χ4n) is 2.21. The maximum Gasteiger partial charge on any atom is 0.466 e. The lowest BCUT2D eigenvalue weighted by atomic mass is 10.2. The quantitative estimate of drug-likeness (QED) is 0.0812. The largest absolute Gasteiger partial charge is 0.466 e. The van der Waals surface area contributed by atoms with E-state index in [0.29, 0.717) is 0 Å². The van der Waals surface area contributed by atoms with Crippen LogP contribution < -0.4 is 11.3 Å². The van der Waals surface area contributed by atoms with Crippen LogP contribution in [0.15, 0.2) is 11.1 Å². The van der Waals surface area contributed by atoms with Crippen molar-refractivity contribution in [3.8, 4) is 0 Å². The van der Waals surface area contributed by atoms with Crippen molar-refractivity contribution < 1.29 is 72.7 Å². The highest BCUT2D eigenvalue weighted by Gasteiger charge is 2.43. The average Bonchev–Trinajstić information content (AvgIpc) is 3.12. The molecule has 35 heavy (non-hydrogen) atoms. The molecule has 0 aliphatic carbocycles. The molecule has 0 unspecified atom stereocenters. The molecule has 3 heterocycles. The van der Waals surface area contributed by atoms with E-state index < -0.39 is 47.5 Å². The van der Waals surface area contributed by atoms with Crippen molar-refractivity contribution in [3.05, 3.63) is 16.7 Å². The zero-order chi connectivity index (χ0) is 27.9. The maximum absolute atomic E-state index is 11.7. The molecule has 0 bridgehead atoms. The lowest BCUT2D eigenvalue weighted by Crippen LogP contribution is -2.29. The summed E-state index contributed by atoms with van der Waals surface area (Å²) in [6.07, 6.45) is -0.669. The minimum atomic E-state index is -4.64. The van der Waals surface area contributed by atoms with E-state index in [0.717, 1.165) is 0 Å². The summed E-state index contributed by atoms with van der Waals surface area (Å²) in [7, 11) is -13.9. The van der Waals surface area contributed by atoms with Gasteiger partial charge in [0.1, 0.15) is 6.10 Å². The molecule has 0 aromatic carbocycles. The van der Waals surface area contributed by atoms with Gasteiger partial charge in [-0.15, -0.1) is 0 Å². The number of aromatic nitrogens is 4. The van der Waals surface area contributed by atoms with Crippen molar-refractivity contribution in [2.75, 3.05) is 12.3 Å². The van der Waals surface area contributed by atoms with Gasteiger partial charge in [-0.05, 0) is 0 Å². The number of halogens is 1. The molecule has 0 amide bonds. The van der Waals surface area contributed by atoms with Crippen molar-refractivity contribution in [3.63, 3.8) is 0 Å². The van der Waals surface area contributed by atoms with Crippen LogP contribution in [-0.2, 0) is 18.4 Å². The average molecular weight is 687 g/mol. The second-order valence-electron chi connectivity index (χ2n) is 6.00. The van der Waals surface area contributed by atoms with E-state index in [1.54, 1.807) is 0 Å². The lowest BCUT2D eigenvalue weighted by molar-refractivity contribution is -0.0429. The van der Waals surface area contributed by atoms with Gasteiger partial charge in [0.2, 0.25) is 5.95 Å². The highest BCUT2D eigenvalue weighted by Crippen LogP contribution is 2.36. The number of nitrogens with two attached hydrogens (primary N) is 1. The van der Waals surface area contributed by atoms with E-state index in [1.807, 2.05) is 22.6 Å². The van der Waals surface area contributed by atoms with Gasteiger partial charge in [0.25, 0.3) is 5.56 Å². The molecule has 21 nitrogen and oxygen atoms in total. The van der Waals surface area contributed by atoms with Gasteiger partial charge in [0.15, 0.2) is 17.4 Å². The maximum atomic E-state index is 11.7. The summed E-state index contributed by atoms with van der Waals surface area (Å²) in [6, 6.07) is 0. The molecule has 2 aromatic rings. The van der Waals surface area contributed by atoms with E-state index in [2.05, 4.69) is 15.0 Å². The predicted octanol–water partition coefficient (Wildman–Crippen LogP) is -4.03. The lowest BCUT2D eigenvalue weighted by Gasteiger charge is -2.16. The van der Waals surface area contributed by atoms with E-state index in [-0.39, 0.29) is 27.6 Å². The van der Waals surface area contributed by atoms with Gasteiger partial charge in [0, 0.05) is 0 Å². The first-order valence-corrected chi connectivity index (χ1v) is 14.1. The first-order chi connectivity index (χ1) is 15.5. The zero-order valence-corrected chi connectivity index (χ0v) is 21.5. The van der Waals surface area contributed by atoms with Gasteiger partial charge in [-0.3, -0.25) is 14.3 Å². The van der Waals surface area contributed by atoms with Gasteiger partial charge in [-0.1, -0.05) is 22.6 Å². The number of phosphoric acid groups is 3. The summed E-state index contributed by atoms with van der Waals surface area (Å²) < 4.78 is 33.5. The first kappa shape index (κ1) is 34.1. The van der Waals surface area contributed by atoms with Crippen molar-refractivity contribution in [1.82, 2.24) is 19.5 Å². The highest BCUT2D eigenvalue weighted by atomic mass is 127. The first-order valence-electron chi connectivity index (χ1n) is 8.18. The number of aliphatic hydroxyl groups is 2. The Hall–Kier alpha value is -0.910. The van der Waals surface area contributed by atoms with Crippen molar-refractivity contribution >= 4 is 63.2 Å². The number of nitrogen functional groups attached to an aromatic ring is 1. The number of aliphatic hydroxyl groups excluding tert-OH is 2. The Labute approximate surface area is 206 Å². The Bertz CT molecular complexity index is 1080. The third-order valence-corrected chi connectivity index (χ3v) is 4.55. The van der Waals surface area contributed by atoms with E-state index >= 15 is 0 Å². The number of rotatable bonds is 2. The Kier molecular flexibility index (Phi) is 13.2. The molecule has 1 aliphatic rings. The summed E-state index contributed by atoms with van der Waals surface area (Å²) >= 11 is 2.03. The highest BCUT2D eigenvalue weighted by molar-refractivity contribution is 14.1. The van der Waals surface area contributed by atoms with Crippen LogP contribution in [0.1, 0.15) is 6.23 Å². The number of hydrogen-bond donors (Lipinski definition) is 13. The number of ether oxygens (including phenoxy) is 1. The summed E-state index contributed by atoms with van der Waals surface area (Å²) in [5.41, 5.74) is 5.52. The second-order valence-corrected chi connectivity index (χ2v) is 10.5. The van der Waals surface area contributed by atoms with E-state index in [1.165, 1.54) is 10.9 Å². The number of hydrogen-bond acceptors (Lipinski definition) is 10. The second kappa shape index (κ2) is 13.6. The minimum Gasteiger partial charge on any atom is -0.394 e. The smallest absolute Gasteiger partial charge is 0.394 e.